The third kappa shape index (κ3) is 28.6. The summed E-state index contributed by atoms with van der Waals surface area (Å²) >= 11 is -0.563. The maximum absolute atomic E-state index is 2.51. The molecule has 0 aromatic heterocycles. The van der Waals surface area contributed by atoms with Crippen LogP contribution in [0.5, 0.6) is 0 Å². The van der Waals surface area contributed by atoms with Crippen LogP contribution in [0.4, 0.5) is 0 Å². The Bertz CT molecular complexity index is 770. The molecule has 3 heteroatoms. The molecule has 2 aliphatic rings. The summed E-state index contributed by atoms with van der Waals surface area (Å²) in [5.74, 6) is 0. The Morgan fingerprint density at radius 3 is 0.816 bits per heavy atom. The number of rotatable bonds is 36. The molecule has 0 saturated heterocycles. The molecule has 0 fully saturated rings. The molecule has 0 N–H and O–H groups in total. The normalized spacial score (nSPS) is 13.8. The van der Waals surface area contributed by atoms with Gasteiger partial charge in [0, 0.05) is 0 Å². The van der Waals surface area contributed by atoms with Gasteiger partial charge >= 0.3 is 207 Å². The minimum absolute atomic E-state index is 0. The van der Waals surface area contributed by atoms with Gasteiger partial charge in [0.25, 0.3) is 0 Å². The molecule has 49 heavy (non-hydrogen) atoms. The summed E-state index contributed by atoms with van der Waals surface area (Å²) in [5, 5.41) is 0. The molecular formula is C46H82Cl2Zr. The van der Waals surface area contributed by atoms with E-state index in [1.54, 1.807) is 11.1 Å². The van der Waals surface area contributed by atoms with Crippen LogP contribution in [0.15, 0.2) is 42.0 Å². The van der Waals surface area contributed by atoms with Crippen molar-refractivity contribution >= 4 is 0 Å². The van der Waals surface area contributed by atoms with Gasteiger partial charge in [-0.15, -0.1) is 0 Å². The maximum atomic E-state index is 2.51. The van der Waals surface area contributed by atoms with Gasteiger partial charge in [0.15, 0.2) is 0 Å². The molecule has 2 rings (SSSR count). The van der Waals surface area contributed by atoms with E-state index in [1.165, 1.54) is 231 Å². The molecule has 284 valence electrons. The Morgan fingerprint density at radius 2 is 0.571 bits per heavy atom. The topological polar surface area (TPSA) is 0 Å². The zero-order chi connectivity index (χ0) is 33.3. The number of halogens is 2. The van der Waals surface area contributed by atoms with E-state index < -0.39 is 23.2 Å². The third-order valence-corrected chi connectivity index (χ3v) is 15.0. The van der Waals surface area contributed by atoms with Crippen LogP contribution in [0.1, 0.15) is 245 Å². The van der Waals surface area contributed by atoms with Crippen LogP contribution in [0.25, 0.3) is 0 Å². The maximum Gasteiger partial charge on any atom is -1.00 e. The summed E-state index contributed by atoms with van der Waals surface area (Å²) in [6.45, 7) is 4.62. The van der Waals surface area contributed by atoms with Gasteiger partial charge in [-0.25, -0.2) is 0 Å². The summed E-state index contributed by atoms with van der Waals surface area (Å²) in [5.41, 5.74) is 3.53. The Balaban J connectivity index is 0.0000115. The molecule has 0 aliphatic heterocycles. The quantitative estimate of drug-likeness (QED) is 0.0554. The van der Waals surface area contributed by atoms with Crippen molar-refractivity contribution in [3.63, 3.8) is 0 Å². The SMILES string of the molecule is CCCCCCCCCCCCCCCCCCC1=[C]([Zr+2][C]2=C(CCCCCCCCCCCCCCCCCC)C=CC2)CC=C1.[Cl-].[Cl-]. The Labute approximate surface area is 332 Å². The first-order valence-electron chi connectivity index (χ1n) is 21.9. The first kappa shape index (κ1) is 49.4. The van der Waals surface area contributed by atoms with E-state index in [0.29, 0.717) is 0 Å². The number of hydrogen-bond donors (Lipinski definition) is 0. The van der Waals surface area contributed by atoms with Gasteiger partial charge in [-0.3, -0.25) is 0 Å². The van der Waals surface area contributed by atoms with Crippen LogP contribution >= 0.6 is 0 Å². The third-order valence-electron chi connectivity index (χ3n) is 11.0. The summed E-state index contributed by atoms with van der Waals surface area (Å²) in [7, 11) is 0. The summed E-state index contributed by atoms with van der Waals surface area (Å²) in [6.07, 6.45) is 62.1. The number of unbranched alkanes of at least 4 members (excludes halogenated alkanes) is 30. The van der Waals surface area contributed by atoms with Gasteiger partial charge in [-0.2, -0.15) is 0 Å². The zero-order valence-corrected chi connectivity index (χ0v) is 37.0. The molecular weight excluding hydrogens is 715 g/mol. The van der Waals surface area contributed by atoms with Gasteiger partial charge in [-0.1, -0.05) is 104 Å². The van der Waals surface area contributed by atoms with Crippen molar-refractivity contribution in [1.29, 1.82) is 0 Å². The van der Waals surface area contributed by atoms with Crippen molar-refractivity contribution in [2.75, 3.05) is 0 Å². The first-order valence-corrected chi connectivity index (χ1v) is 24.3. The summed E-state index contributed by atoms with van der Waals surface area (Å²) < 4.78 is 3.83. The molecule has 0 aromatic rings. The fraction of sp³-hybridized carbons (Fsp3) is 0.826. The minimum atomic E-state index is -0.563. The van der Waals surface area contributed by atoms with Crippen LogP contribution in [-0.4, -0.2) is 0 Å². The number of hydrogen-bond acceptors (Lipinski definition) is 0. The van der Waals surface area contributed by atoms with E-state index in [1.807, 2.05) is 6.56 Å². The van der Waals surface area contributed by atoms with E-state index in [2.05, 4.69) is 38.2 Å². The molecule has 0 saturated carbocycles. The van der Waals surface area contributed by atoms with Crippen LogP contribution in [0.3, 0.4) is 0 Å². The number of allylic oxidation sites excluding steroid dienone is 8. The van der Waals surface area contributed by atoms with Gasteiger partial charge in [0.05, 0.1) is 0 Å². The molecule has 0 spiro atoms. The van der Waals surface area contributed by atoms with Gasteiger partial charge in [0.1, 0.15) is 0 Å². The van der Waals surface area contributed by atoms with Gasteiger partial charge in [-0.05, 0) is 0 Å². The summed E-state index contributed by atoms with van der Waals surface area (Å²) in [4.78, 5) is 0. The molecule has 0 heterocycles. The zero-order valence-electron chi connectivity index (χ0n) is 33.0. The molecule has 0 unspecified atom stereocenters. The van der Waals surface area contributed by atoms with Crippen molar-refractivity contribution in [2.45, 2.75) is 245 Å². The Kier molecular flexibility index (Phi) is 38.5. The largest absolute Gasteiger partial charge is 1.00 e. The van der Waals surface area contributed by atoms with E-state index >= 15 is 0 Å². The Morgan fingerprint density at radius 1 is 0.347 bits per heavy atom. The molecule has 0 atom stereocenters. The van der Waals surface area contributed by atoms with Crippen LogP contribution in [0, 0.1) is 0 Å². The van der Waals surface area contributed by atoms with Crippen molar-refractivity contribution in [3.05, 3.63) is 42.0 Å². The fourth-order valence-electron chi connectivity index (χ4n) is 7.74. The summed E-state index contributed by atoms with van der Waals surface area (Å²) in [6, 6.07) is 0. The monoisotopic (exact) mass is 794 g/mol. The van der Waals surface area contributed by atoms with E-state index in [0.717, 1.165) is 0 Å². The van der Waals surface area contributed by atoms with E-state index in [9.17, 15) is 0 Å². The molecule has 0 amide bonds. The van der Waals surface area contributed by atoms with Gasteiger partial charge < -0.3 is 24.8 Å². The standard InChI is InChI=1S/2C23H41.2ClH.Zr/c2*1-2-3-4-5-6-7-8-9-10-11-12-13-14-15-16-17-20-23-21-18-19-22-23;;;/h2*18,21H,2-17,19-20H2,1H3;2*1H;/q;;;;+2/p-2. The predicted octanol–water partition coefficient (Wildman–Crippen LogP) is 10.8. The van der Waals surface area contributed by atoms with Crippen molar-refractivity contribution in [2.24, 2.45) is 0 Å². The average Bonchev–Trinajstić information content (AvgIpc) is 3.73. The van der Waals surface area contributed by atoms with Gasteiger partial charge in [0.2, 0.25) is 0 Å². The molecule has 2 aliphatic carbocycles. The second kappa shape index (κ2) is 38.2. The fourth-order valence-corrected chi connectivity index (χ4v) is 11.5. The van der Waals surface area contributed by atoms with Crippen molar-refractivity contribution in [1.82, 2.24) is 0 Å². The smallest absolute Gasteiger partial charge is 1.00 e. The average molecular weight is 797 g/mol. The molecule has 0 radical (unpaired) electrons. The molecule has 0 bridgehead atoms. The molecule has 0 nitrogen and oxygen atoms in total. The van der Waals surface area contributed by atoms with Crippen molar-refractivity contribution in [3.8, 4) is 0 Å². The first-order chi connectivity index (χ1) is 23.3. The Hall–Kier alpha value is 0.423. The van der Waals surface area contributed by atoms with E-state index in [-0.39, 0.29) is 24.8 Å². The molecule has 0 aromatic carbocycles. The second-order valence-electron chi connectivity index (χ2n) is 15.5. The second-order valence-corrected chi connectivity index (χ2v) is 19.0. The van der Waals surface area contributed by atoms with Crippen molar-refractivity contribution < 1.29 is 48.0 Å². The van der Waals surface area contributed by atoms with Crippen LogP contribution in [-0.2, 0) is 23.2 Å². The van der Waals surface area contributed by atoms with E-state index in [4.69, 9.17) is 0 Å². The minimum Gasteiger partial charge on any atom is -1.00 e. The van der Waals surface area contributed by atoms with Crippen LogP contribution in [0.2, 0.25) is 0 Å². The van der Waals surface area contributed by atoms with Crippen LogP contribution < -0.4 is 24.8 Å². The predicted molar refractivity (Wildman–Crippen MR) is 210 cm³/mol.